The van der Waals surface area contributed by atoms with Crippen LogP contribution in [0.15, 0.2) is 24.3 Å². The Labute approximate surface area is 121 Å². The molecule has 0 aliphatic carbocycles. The van der Waals surface area contributed by atoms with Crippen molar-refractivity contribution in [2.24, 2.45) is 0 Å². The molecular formula is C16H26N2O2. The lowest BCUT2D eigenvalue weighted by molar-refractivity contribution is -0.0421. The second kappa shape index (κ2) is 7.62. The van der Waals surface area contributed by atoms with Gasteiger partial charge in [-0.3, -0.25) is 0 Å². The van der Waals surface area contributed by atoms with Crippen LogP contribution in [0.3, 0.4) is 0 Å². The monoisotopic (exact) mass is 278 g/mol. The normalized spacial score (nSPS) is 23.1. The molecule has 1 heterocycles. The Kier molecular flexibility index (Phi) is 5.83. The van der Waals surface area contributed by atoms with E-state index in [-0.39, 0.29) is 18.8 Å². The topological polar surface area (TPSA) is 44.7 Å². The molecule has 0 saturated carbocycles. The predicted molar refractivity (Wildman–Crippen MR) is 82.1 cm³/mol. The minimum atomic E-state index is -0.0790. The van der Waals surface area contributed by atoms with Gasteiger partial charge in [0.1, 0.15) is 0 Å². The van der Waals surface area contributed by atoms with Gasteiger partial charge < -0.3 is 20.1 Å². The highest BCUT2D eigenvalue weighted by molar-refractivity contribution is 5.48. The van der Waals surface area contributed by atoms with E-state index < -0.39 is 0 Å². The molecule has 2 atom stereocenters. The van der Waals surface area contributed by atoms with Crippen molar-refractivity contribution in [3.63, 3.8) is 0 Å². The first-order valence-electron chi connectivity index (χ1n) is 7.53. The molecule has 1 aliphatic rings. The second-order valence-corrected chi connectivity index (χ2v) is 5.50. The highest BCUT2D eigenvalue weighted by atomic mass is 16.5. The molecule has 2 rings (SSSR count). The Balaban J connectivity index is 1.94. The summed E-state index contributed by atoms with van der Waals surface area (Å²) in [6.07, 6.45) is 1.24. The van der Waals surface area contributed by atoms with Gasteiger partial charge in [0.25, 0.3) is 0 Å². The summed E-state index contributed by atoms with van der Waals surface area (Å²) in [6, 6.07) is 8.67. The van der Waals surface area contributed by atoms with Gasteiger partial charge >= 0.3 is 0 Å². The fraction of sp³-hybridized carbons (Fsp3) is 0.625. The van der Waals surface area contributed by atoms with Gasteiger partial charge in [0, 0.05) is 25.3 Å². The molecule has 0 amide bonds. The van der Waals surface area contributed by atoms with Gasteiger partial charge in [-0.05, 0) is 37.6 Å². The summed E-state index contributed by atoms with van der Waals surface area (Å²) in [4.78, 5) is 2.29. The van der Waals surface area contributed by atoms with Crippen LogP contribution in [0.1, 0.15) is 25.8 Å². The van der Waals surface area contributed by atoms with Crippen molar-refractivity contribution in [3.8, 4) is 0 Å². The maximum atomic E-state index is 9.28. The molecule has 0 bridgehead atoms. The average Bonchev–Trinajstić information content (AvgIpc) is 2.47. The second-order valence-electron chi connectivity index (χ2n) is 5.50. The van der Waals surface area contributed by atoms with Gasteiger partial charge in [0.15, 0.2) is 0 Å². The zero-order chi connectivity index (χ0) is 14.4. The molecule has 4 nitrogen and oxygen atoms in total. The lowest BCUT2D eigenvalue weighted by Gasteiger charge is -2.37. The number of anilines is 1. The van der Waals surface area contributed by atoms with Gasteiger partial charge in [-0.1, -0.05) is 19.1 Å². The fourth-order valence-corrected chi connectivity index (χ4v) is 2.59. The molecule has 1 saturated heterocycles. The van der Waals surface area contributed by atoms with E-state index in [0.717, 1.165) is 32.6 Å². The van der Waals surface area contributed by atoms with Crippen LogP contribution in [0.2, 0.25) is 0 Å². The number of nitrogens with zero attached hydrogens (tertiary/aromatic N) is 1. The van der Waals surface area contributed by atoms with Gasteiger partial charge in [-0.25, -0.2) is 0 Å². The largest absolute Gasteiger partial charge is 0.394 e. The Morgan fingerprint density at radius 1 is 1.30 bits per heavy atom. The van der Waals surface area contributed by atoms with Gasteiger partial charge in [-0.2, -0.15) is 0 Å². The van der Waals surface area contributed by atoms with Crippen LogP contribution in [-0.2, 0) is 11.3 Å². The molecule has 20 heavy (non-hydrogen) atoms. The molecular weight excluding hydrogens is 252 g/mol. The summed E-state index contributed by atoms with van der Waals surface area (Å²) >= 11 is 0. The number of hydrogen-bond acceptors (Lipinski definition) is 4. The lowest BCUT2D eigenvalue weighted by Crippen LogP contribution is -2.48. The molecule has 1 fully saturated rings. The quantitative estimate of drug-likeness (QED) is 0.779. The van der Waals surface area contributed by atoms with Crippen molar-refractivity contribution in [1.82, 2.24) is 5.32 Å². The fourth-order valence-electron chi connectivity index (χ4n) is 2.59. The smallest absolute Gasteiger partial charge is 0.0984 e. The maximum absolute atomic E-state index is 9.28. The molecule has 0 aromatic heterocycles. The number of hydrogen-bond donors (Lipinski definition) is 2. The van der Waals surface area contributed by atoms with Gasteiger partial charge in [0.2, 0.25) is 0 Å². The van der Waals surface area contributed by atoms with E-state index in [2.05, 4.69) is 48.3 Å². The van der Waals surface area contributed by atoms with Crippen molar-refractivity contribution in [2.45, 2.75) is 39.0 Å². The first-order valence-corrected chi connectivity index (χ1v) is 7.53. The van der Waals surface area contributed by atoms with E-state index in [1.807, 2.05) is 0 Å². The van der Waals surface area contributed by atoms with Crippen LogP contribution in [-0.4, -0.2) is 43.6 Å². The van der Waals surface area contributed by atoms with Crippen molar-refractivity contribution in [3.05, 3.63) is 29.8 Å². The van der Waals surface area contributed by atoms with Crippen molar-refractivity contribution >= 4 is 5.69 Å². The minimum Gasteiger partial charge on any atom is -0.394 e. The zero-order valence-corrected chi connectivity index (χ0v) is 12.5. The van der Waals surface area contributed by atoms with E-state index in [9.17, 15) is 5.11 Å². The number of morpholine rings is 1. The Bertz CT molecular complexity index is 394. The number of aliphatic hydroxyl groups excluding tert-OH is 1. The highest BCUT2D eigenvalue weighted by Crippen LogP contribution is 2.20. The number of benzene rings is 1. The Morgan fingerprint density at radius 2 is 2.05 bits per heavy atom. The number of ether oxygens (including phenoxy) is 1. The molecule has 2 unspecified atom stereocenters. The van der Waals surface area contributed by atoms with Gasteiger partial charge in [-0.15, -0.1) is 0 Å². The third-order valence-electron chi connectivity index (χ3n) is 3.59. The first-order chi connectivity index (χ1) is 9.72. The van der Waals surface area contributed by atoms with Crippen molar-refractivity contribution in [2.75, 3.05) is 31.1 Å². The zero-order valence-electron chi connectivity index (χ0n) is 12.5. The lowest BCUT2D eigenvalue weighted by atomic mass is 10.1. The molecule has 1 aliphatic heterocycles. The molecule has 2 N–H and O–H groups in total. The predicted octanol–water partition coefficient (Wildman–Crippen LogP) is 1.77. The third-order valence-corrected chi connectivity index (χ3v) is 3.59. The first kappa shape index (κ1) is 15.3. The molecule has 1 aromatic rings. The van der Waals surface area contributed by atoms with Crippen molar-refractivity contribution < 1.29 is 9.84 Å². The van der Waals surface area contributed by atoms with E-state index in [1.165, 1.54) is 11.3 Å². The molecule has 0 spiro atoms. The number of aliphatic hydroxyl groups is 1. The summed E-state index contributed by atoms with van der Waals surface area (Å²) in [5, 5.41) is 12.7. The van der Waals surface area contributed by atoms with Crippen molar-refractivity contribution in [1.29, 1.82) is 0 Å². The SMILES string of the molecule is CCCNCc1ccc(N2CC(C)OC(CO)C2)cc1. The molecule has 4 heteroatoms. The minimum absolute atomic E-state index is 0.0790. The van der Waals surface area contributed by atoms with Crippen LogP contribution < -0.4 is 10.2 Å². The molecule has 0 radical (unpaired) electrons. The molecule has 1 aromatic carbocycles. The maximum Gasteiger partial charge on any atom is 0.0984 e. The summed E-state index contributed by atoms with van der Waals surface area (Å²) in [6.45, 7) is 7.93. The highest BCUT2D eigenvalue weighted by Gasteiger charge is 2.24. The van der Waals surface area contributed by atoms with Crippen LogP contribution >= 0.6 is 0 Å². The third kappa shape index (κ3) is 4.20. The standard InChI is InChI=1S/C16H26N2O2/c1-3-8-17-9-14-4-6-15(7-5-14)18-10-13(2)20-16(11-18)12-19/h4-7,13,16-17,19H,3,8-12H2,1-2H3. The Morgan fingerprint density at radius 3 is 2.70 bits per heavy atom. The number of nitrogens with one attached hydrogen (secondary N) is 1. The summed E-state index contributed by atoms with van der Waals surface area (Å²) in [5.74, 6) is 0. The average molecular weight is 278 g/mol. The summed E-state index contributed by atoms with van der Waals surface area (Å²) in [5.41, 5.74) is 2.51. The molecule has 112 valence electrons. The summed E-state index contributed by atoms with van der Waals surface area (Å²) < 4.78 is 5.67. The van der Waals surface area contributed by atoms with E-state index in [4.69, 9.17) is 4.74 Å². The number of rotatable bonds is 6. The Hall–Kier alpha value is -1.10. The van der Waals surface area contributed by atoms with E-state index in [1.54, 1.807) is 0 Å². The van der Waals surface area contributed by atoms with Gasteiger partial charge in [0.05, 0.1) is 18.8 Å². The van der Waals surface area contributed by atoms with E-state index >= 15 is 0 Å². The summed E-state index contributed by atoms with van der Waals surface area (Å²) in [7, 11) is 0. The van der Waals surface area contributed by atoms with E-state index in [0.29, 0.717) is 0 Å². The van der Waals surface area contributed by atoms with Crippen LogP contribution in [0.4, 0.5) is 5.69 Å². The van der Waals surface area contributed by atoms with Crippen LogP contribution in [0, 0.1) is 0 Å². The van der Waals surface area contributed by atoms with Crippen LogP contribution in [0.25, 0.3) is 0 Å². The van der Waals surface area contributed by atoms with Crippen LogP contribution in [0.5, 0.6) is 0 Å².